The van der Waals surface area contributed by atoms with Crippen molar-refractivity contribution in [2.45, 2.75) is 19.4 Å². The van der Waals surface area contributed by atoms with E-state index in [4.69, 9.17) is 4.74 Å². The molecule has 1 heterocycles. The van der Waals surface area contributed by atoms with Crippen molar-refractivity contribution in [3.63, 3.8) is 0 Å². The first-order valence-corrected chi connectivity index (χ1v) is 5.97. The molecule has 5 nitrogen and oxygen atoms in total. The standard InChI is InChI=1S/C11H23N3O2/c1-10(16-2)11(15)13-4-3-7-14-8-5-12-6-9-14/h10,12H,3-9H2,1-2H3,(H,13,15). The molecule has 1 rings (SSSR count). The lowest BCUT2D eigenvalue weighted by molar-refractivity contribution is -0.130. The fourth-order valence-electron chi connectivity index (χ4n) is 1.70. The van der Waals surface area contributed by atoms with E-state index in [1.807, 2.05) is 0 Å². The normalized spacial score (nSPS) is 19.4. The van der Waals surface area contributed by atoms with Gasteiger partial charge in [0, 0.05) is 39.8 Å². The molecule has 0 spiro atoms. The first-order chi connectivity index (χ1) is 7.74. The average molecular weight is 229 g/mol. The number of methoxy groups -OCH3 is 1. The number of carbonyl (C=O) groups excluding carboxylic acids is 1. The quantitative estimate of drug-likeness (QED) is 0.599. The van der Waals surface area contributed by atoms with Crippen LogP contribution in [0.4, 0.5) is 0 Å². The van der Waals surface area contributed by atoms with Crippen molar-refractivity contribution >= 4 is 5.91 Å². The predicted molar refractivity (Wildman–Crippen MR) is 63.4 cm³/mol. The number of nitrogens with one attached hydrogen (secondary N) is 2. The Labute approximate surface area is 97.5 Å². The summed E-state index contributed by atoms with van der Waals surface area (Å²) in [4.78, 5) is 13.8. The SMILES string of the molecule is COC(C)C(=O)NCCCN1CCNCC1. The summed E-state index contributed by atoms with van der Waals surface area (Å²) in [5.74, 6) is -0.0252. The second-order valence-electron chi connectivity index (χ2n) is 4.11. The highest BCUT2D eigenvalue weighted by Crippen LogP contribution is 1.94. The molecule has 0 radical (unpaired) electrons. The average Bonchev–Trinajstić information content (AvgIpc) is 2.34. The highest BCUT2D eigenvalue weighted by molar-refractivity contribution is 5.80. The van der Waals surface area contributed by atoms with E-state index in [9.17, 15) is 4.79 Å². The van der Waals surface area contributed by atoms with E-state index < -0.39 is 0 Å². The molecule has 1 unspecified atom stereocenters. The number of nitrogens with zero attached hydrogens (tertiary/aromatic N) is 1. The van der Waals surface area contributed by atoms with Gasteiger partial charge in [0.15, 0.2) is 0 Å². The van der Waals surface area contributed by atoms with Gasteiger partial charge in [0.05, 0.1) is 0 Å². The minimum atomic E-state index is -0.348. The zero-order valence-corrected chi connectivity index (χ0v) is 10.3. The van der Waals surface area contributed by atoms with Gasteiger partial charge in [-0.2, -0.15) is 0 Å². The zero-order valence-electron chi connectivity index (χ0n) is 10.3. The third-order valence-corrected chi connectivity index (χ3v) is 2.88. The summed E-state index contributed by atoms with van der Waals surface area (Å²) in [5, 5.41) is 6.18. The van der Waals surface area contributed by atoms with Gasteiger partial charge < -0.3 is 20.3 Å². The Morgan fingerprint density at radius 3 is 2.81 bits per heavy atom. The van der Waals surface area contributed by atoms with Crippen molar-refractivity contribution < 1.29 is 9.53 Å². The minimum absolute atomic E-state index is 0.0252. The van der Waals surface area contributed by atoms with Crippen LogP contribution in [0.5, 0.6) is 0 Å². The van der Waals surface area contributed by atoms with Crippen LogP contribution < -0.4 is 10.6 Å². The molecular weight excluding hydrogens is 206 g/mol. The van der Waals surface area contributed by atoms with Gasteiger partial charge in [-0.15, -0.1) is 0 Å². The Balaban J connectivity index is 2.00. The first-order valence-electron chi connectivity index (χ1n) is 5.97. The molecule has 1 saturated heterocycles. The number of hydrogen-bond acceptors (Lipinski definition) is 4. The Morgan fingerprint density at radius 2 is 2.19 bits per heavy atom. The summed E-state index contributed by atoms with van der Waals surface area (Å²) < 4.78 is 4.93. The Morgan fingerprint density at radius 1 is 1.50 bits per heavy atom. The van der Waals surface area contributed by atoms with E-state index in [1.165, 1.54) is 0 Å². The molecule has 1 fully saturated rings. The van der Waals surface area contributed by atoms with E-state index >= 15 is 0 Å². The molecule has 1 atom stereocenters. The fraction of sp³-hybridized carbons (Fsp3) is 0.909. The zero-order chi connectivity index (χ0) is 11.8. The third kappa shape index (κ3) is 4.92. The largest absolute Gasteiger partial charge is 0.372 e. The lowest BCUT2D eigenvalue weighted by atomic mass is 10.3. The van der Waals surface area contributed by atoms with E-state index in [0.717, 1.165) is 45.7 Å². The third-order valence-electron chi connectivity index (χ3n) is 2.88. The second-order valence-corrected chi connectivity index (χ2v) is 4.11. The van der Waals surface area contributed by atoms with Crippen LogP contribution >= 0.6 is 0 Å². The van der Waals surface area contributed by atoms with Crippen LogP contribution in [0.25, 0.3) is 0 Å². The molecule has 0 aromatic carbocycles. The maximum absolute atomic E-state index is 11.4. The fourth-order valence-corrected chi connectivity index (χ4v) is 1.70. The molecule has 0 saturated carbocycles. The molecule has 1 amide bonds. The van der Waals surface area contributed by atoms with Crippen molar-refractivity contribution in [2.75, 3.05) is 46.4 Å². The Hall–Kier alpha value is -0.650. The molecule has 94 valence electrons. The Kier molecular flexibility index (Phi) is 6.37. The van der Waals surface area contributed by atoms with Crippen molar-refractivity contribution in [2.24, 2.45) is 0 Å². The summed E-state index contributed by atoms with van der Waals surface area (Å²) >= 11 is 0. The maximum Gasteiger partial charge on any atom is 0.248 e. The molecule has 0 bridgehead atoms. The summed E-state index contributed by atoms with van der Waals surface area (Å²) in [7, 11) is 1.55. The molecule has 1 aliphatic rings. The minimum Gasteiger partial charge on any atom is -0.372 e. The summed E-state index contributed by atoms with van der Waals surface area (Å²) in [5.41, 5.74) is 0. The molecule has 0 aliphatic carbocycles. The van der Waals surface area contributed by atoms with Gasteiger partial charge in [-0.3, -0.25) is 4.79 Å². The van der Waals surface area contributed by atoms with Gasteiger partial charge in [-0.05, 0) is 19.9 Å². The van der Waals surface area contributed by atoms with Gasteiger partial charge in [-0.25, -0.2) is 0 Å². The van der Waals surface area contributed by atoms with Crippen molar-refractivity contribution in [3.05, 3.63) is 0 Å². The van der Waals surface area contributed by atoms with Crippen LogP contribution in [0, 0.1) is 0 Å². The van der Waals surface area contributed by atoms with Crippen molar-refractivity contribution in [3.8, 4) is 0 Å². The first kappa shape index (κ1) is 13.4. The highest BCUT2D eigenvalue weighted by Gasteiger charge is 2.11. The van der Waals surface area contributed by atoms with Crippen molar-refractivity contribution in [1.29, 1.82) is 0 Å². The van der Waals surface area contributed by atoms with E-state index in [-0.39, 0.29) is 12.0 Å². The maximum atomic E-state index is 11.4. The number of amides is 1. The lowest BCUT2D eigenvalue weighted by Crippen LogP contribution is -2.44. The van der Waals surface area contributed by atoms with Crippen molar-refractivity contribution in [1.82, 2.24) is 15.5 Å². The number of piperazine rings is 1. The monoisotopic (exact) mass is 229 g/mol. The van der Waals surface area contributed by atoms with Crippen LogP contribution in [0.2, 0.25) is 0 Å². The van der Waals surface area contributed by atoms with Crippen LogP contribution in [0.3, 0.4) is 0 Å². The van der Waals surface area contributed by atoms with Gasteiger partial charge >= 0.3 is 0 Å². The summed E-state index contributed by atoms with van der Waals surface area (Å²) in [6, 6.07) is 0. The number of carbonyl (C=O) groups is 1. The molecule has 5 heteroatoms. The molecule has 0 aromatic heterocycles. The van der Waals surface area contributed by atoms with Crippen LogP contribution in [0.15, 0.2) is 0 Å². The smallest absolute Gasteiger partial charge is 0.248 e. The molecule has 16 heavy (non-hydrogen) atoms. The summed E-state index contributed by atoms with van der Waals surface area (Å²) in [6.07, 6.45) is 0.654. The van der Waals surface area contributed by atoms with E-state index in [1.54, 1.807) is 14.0 Å². The van der Waals surface area contributed by atoms with Crippen LogP contribution in [0.1, 0.15) is 13.3 Å². The number of rotatable bonds is 6. The van der Waals surface area contributed by atoms with E-state index in [0.29, 0.717) is 0 Å². The topological polar surface area (TPSA) is 53.6 Å². The number of hydrogen-bond donors (Lipinski definition) is 2. The molecule has 2 N–H and O–H groups in total. The lowest BCUT2D eigenvalue weighted by Gasteiger charge is -2.27. The van der Waals surface area contributed by atoms with Gasteiger partial charge in [-0.1, -0.05) is 0 Å². The summed E-state index contributed by atoms with van der Waals surface area (Å²) in [6.45, 7) is 7.93. The van der Waals surface area contributed by atoms with Crippen LogP contribution in [-0.4, -0.2) is 63.3 Å². The van der Waals surface area contributed by atoms with Gasteiger partial charge in [0.25, 0.3) is 0 Å². The number of ether oxygens (including phenoxy) is 1. The van der Waals surface area contributed by atoms with E-state index in [2.05, 4.69) is 15.5 Å². The van der Waals surface area contributed by atoms with Crippen LogP contribution in [-0.2, 0) is 9.53 Å². The predicted octanol–water partition coefficient (Wildman–Crippen LogP) is -0.567. The molecular formula is C11H23N3O2. The second kappa shape index (κ2) is 7.60. The van der Waals surface area contributed by atoms with Gasteiger partial charge in [0.1, 0.15) is 6.10 Å². The Bertz CT molecular complexity index is 205. The highest BCUT2D eigenvalue weighted by atomic mass is 16.5. The molecule has 1 aliphatic heterocycles. The molecule has 0 aromatic rings. The van der Waals surface area contributed by atoms with Gasteiger partial charge in [0.2, 0.25) is 5.91 Å².